The predicted octanol–water partition coefficient (Wildman–Crippen LogP) is 4.10. The number of aromatic nitrogens is 2. The minimum Gasteiger partial charge on any atom is -0.495 e. The summed E-state index contributed by atoms with van der Waals surface area (Å²) in [6.45, 7) is 0.364. The molecule has 0 aliphatic rings. The fourth-order valence-electron chi connectivity index (χ4n) is 2.73. The maximum absolute atomic E-state index is 12.2. The van der Waals surface area contributed by atoms with Crippen LogP contribution in [0, 0.1) is 0 Å². The van der Waals surface area contributed by atoms with Crippen LogP contribution in [-0.4, -0.2) is 22.8 Å². The maximum Gasteiger partial charge on any atom is 0.266 e. The average molecular weight is 442 g/mol. The van der Waals surface area contributed by atoms with Gasteiger partial charge in [-0.1, -0.05) is 40.2 Å². The molecule has 0 saturated heterocycles. The number of carbonyl (C=O) groups excluding carboxylic acids is 1. The van der Waals surface area contributed by atoms with Gasteiger partial charge in [-0.25, -0.2) is 4.68 Å². The fourth-order valence-corrected chi connectivity index (χ4v) is 3.00. The van der Waals surface area contributed by atoms with E-state index in [1.54, 1.807) is 25.3 Å². The number of aryl methyl sites for hydroxylation is 1. The number of nitrogens with zero attached hydrogens (tertiary/aromatic N) is 2. The lowest BCUT2D eigenvalue weighted by atomic mass is 10.1. The van der Waals surface area contributed by atoms with Crippen molar-refractivity contribution in [3.05, 3.63) is 75.5 Å². The molecule has 0 spiro atoms. The Bertz CT molecular complexity index is 1020. The maximum atomic E-state index is 12.2. The molecular formula is C21H20BrN3O3. The second-order valence-electron chi connectivity index (χ2n) is 6.14. The largest absolute Gasteiger partial charge is 0.495 e. The van der Waals surface area contributed by atoms with E-state index < -0.39 is 0 Å². The van der Waals surface area contributed by atoms with Gasteiger partial charge in [0, 0.05) is 29.1 Å². The van der Waals surface area contributed by atoms with E-state index in [0.29, 0.717) is 30.1 Å². The van der Waals surface area contributed by atoms with E-state index in [9.17, 15) is 9.59 Å². The molecule has 0 radical (unpaired) electrons. The molecule has 1 heterocycles. The summed E-state index contributed by atoms with van der Waals surface area (Å²) in [5.41, 5.74) is 2.07. The third kappa shape index (κ3) is 5.07. The molecule has 1 N–H and O–H groups in total. The summed E-state index contributed by atoms with van der Waals surface area (Å²) in [5, 5.41) is 7.25. The number of benzene rings is 2. The lowest BCUT2D eigenvalue weighted by Gasteiger charge is -2.10. The van der Waals surface area contributed by atoms with E-state index in [1.165, 1.54) is 10.7 Å². The Kier molecular flexibility index (Phi) is 6.60. The summed E-state index contributed by atoms with van der Waals surface area (Å²) < 4.78 is 7.60. The quantitative estimate of drug-likeness (QED) is 0.598. The first-order valence-electron chi connectivity index (χ1n) is 8.84. The van der Waals surface area contributed by atoms with E-state index in [1.807, 2.05) is 36.4 Å². The monoisotopic (exact) mass is 441 g/mol. The minimum atomic E-state index is -0.189. The second-order valence-corrected chi connectivity index (χ2v) is 7.05. The summed E-state index contributed by atoms with van der Waals surface area (Å²) in [4.78, 5) is 24.3. The second kappa shape index (κ2) is 9.32. The molecule has 28 heavy (non-hydrogen) atoms. The standard InChI is InChI=1S/C21H20BrN3O3/c1-28-19-6-3-2-5-18(19)23-20(26)7-4-14-25-21(27)13-12-17(24-25)15-8-10-16(22)11-9-15/h2-3,5-6,8-13H,4,7,14H2,1H3,(H,23,26). The van der Waals surface area contributed by atoms with Crippen molar-refractivity contribution in [2.45, 2.75) is 19.4 Å². The lowest BCUT2D eigenvalue weighted by molar-refractivity contribution is -0.116. The van der Waals surface area contributed by atoms with Crippen LogP contribution in [0.3, 0.4) is 0 Å². The van der Waals surface area contributed by atoms with Crippen LogP contribution in [0.15, 0.2) is 69.9 Å². The van der Waals surface area contributed by atoms with E-state index in [4.69, 9.17) is 4.74 Å². The topological polar surface area (TPSA) is 73.2 Å². The van der Waals surface area contributed by atoms with E-state index in [-0.39, 0.29) is 17.9 Å². The molecule has 3 rings (SSSR count). The number of carbonyl (C=O) groups is 1. The number of para-hydroxylation sites is 2. The number of methoxy groups -OCH3 is 1. The molecule has 6 nitrogen and oxygen atoms in total. The van der Waals surface area contributed by atoms with Gasteiger partial charge < -0.3 is 10.1 Å². The third-order valence-corrected chi connectivity index (χ3v) is 4.69. The SMILES string of the molecule is COc1ccccc1NC(=O)CCCn1nc(-c2ccc(Br)cc2)ccc1=O. The van der Waals surface area contributed by atoms with Gasteiger partial charge in [-0.15, -0.1) is 0 Å². The van der Waals surface area contributed by atoms with Crippen molar-refractivity contribution >= 4 is 27.5 Å². The first kappa shape index (κ1) is 19.8. The Labute approximate surface area is 171 Å². The summed E-state index contributed by atoms with van der Waals surface area (Å²) in [5.74, 6) is 0.470. The van der Waals surface area contributed by atoms with Crippen molar-refractivity contribution < 1.29 is 9.53 Å². The average Bonchev–Trinajstić information content (AvgIpc) is 2.70. The lowest BCUT2D eigenvalue weighted by Crippen LogP contribution is -2.23. The normalized spacial score (nSPS) is 10.5. The highest BCUT2D eigenvalue weighted by atomic mass is 79.9. The van der Waals surface area contributed by atoms with Crippen LogP contribution < -0.4 is 15.6 Å². The third-order valence-electron chi connectivity index (χ3n) is 4.16. The molecule has 0 unspecified atom stereocenters. The highest BCUT2D eigenvalue weighted by molar-refractivity contribution is 9.10. The zero-order valence-electron chi connectivity index (χ0n) is 15.4. The number of ether oxygens (including phenoxy) is 1. The van der Waals surface area contributed by atoms with Gasteiger partial charge in [0.25, 0.3) is 5.56 Å². The molecule has 2 aromatic carbocycles. The van der Waals surface area contributed by atoms with Crippen LogP contribution in [0.25, 0.3) is 11.3 Å². The molecule has 0 aliphatic heterocycles. The molecule has 7 heteroatoms. The Balaban J connectivity index is 1.61. The molecule has 3 aromatic rings. The number of hydrogen-bond donors (Lipinski definition) is 1. The molecule has 144 valence electrons. The Morgan fingerprint density at radius 2 is 1.86 bits per heavy atom. The summed E-state index contributed by atoms with van der Waals surface area (Å²) in [7, 11) is 1.56. The Hall–Kier alpha value is -2.93. The zero-order chi connectivity index (χ0) is 19.9. The highest BCUT2D eigenvalue weighted by Gasteiger charge is 2.08. The molecule has 1 aromatic heterocycles. The van der Waals surface area contributed by atoms with Gasteiger partial charge in [0.1, 0.15) is 5.75 Å². The smallest absolute Gasteiger partial charge is 0.266 e. The number of rotatable bonds is 7. The van der Waals surface area contributed by atoms with Crippen LogP contribution in [0.1, 0.15) is 12.8 Å². The van der Waals surface area contributed by atoms with Crippen LogP contribution >= 0.6 is 15.9 Å². The van der Waals surface area contributed by atoms with Crippen molar-refractivity contribution in [3.63, 3.8) is 0 Å². The van der Waals surface area contributed by atoms with Crippen molar-refractivity contribution in [2.24, 2.45) is 0 Å². The number of anilines is 1. The van der Waals surface area contributed by atoms with Gasteiger partial charge in [0.2, 0.25) is 5.91 Å². The van der Waals surface area contributed by atoms with Crippen molar-refractivity contribution in [1.29, 1.82) is 0 Å². The van der Waals surface area contributed by atoms with Crippen LogP contribution in [0.5, 0.6) is 5.75 Å². The van der Waals surface area contributed by atoms with Gasteiger partial charge in [-0.3, -0.25) is 9.59 Å². The van der Waals surface area contributed by atoms with Crippen LogP contribution in [0.2, 0.25) is 0 Å². The van der Waals surface area contributed by atoms with Crippen LogP contribution in [0.4, 0.5) is 5.69 Å². The summed E-state index contributed by atoms with van der Waals surface area (Å²) >= 11 is 3.40. The molecule has 0 aliphatic carbocycles. The van der Waals surface area contributed by atoms with Crippen LogP contribution in [-0.2, 0) is 11.3 Å². The van der Waals surface area contributed by atoms with Gasteiger partial charge in [0.05, 0.1) is 18.5 Å². The predicted molar refractivity (Wildman–Crippen MR) is 112 cm³/mol. The van der Waals surface area contributed by atoms with Gasteiger partial charge in [-0.2, -0.15) is 5.10 Å². The van der Waals surface area contributed by atoms with Crippen molar-refractivity contribution in [2.75, 3.05) is 12.4 Å². The first-order valence-corrected chi connectivity index (χ1v) is 9.63. The molecule has 0 fully saturated rings. The number of amides is 1. The number of hydrogen-bond acceptors (Lipinski definition) is 4. The molecule has 0 saturated carbocycles. The zero-order valence-corrected chi connectivity index (χ0v) is 17.0. The van der Waals surface area contributed by atoms with E-state index in [0.717, 1.165) is 10.0 Å². The fraction of sp³-hybridized carbons (Fsp3) is 0.190. The number of nitrogens with one attached hydrogen (secondary N) is 1. The highest BCUT2D eigenvalue weighted by Crippen LogP contribution is 2.23. The van der Waals surface area contributed by atoms with Crippen molar-refractivity contribution in [3.8, 4) is 17.0 Å². The first-order chi connectivity index (χ1) is 13.6. The van der Waals surface area contributed by atoms with Gasteiger partial charge in [0.15, 0.2) is 0 Å². The summed E-state index contributed by atoms with van der Waals surface area (Å²) in [6.07, 6.45) is 0.770. The molecule has 0 bridgehead atoms. The Morgan fingerprint density at radius 3 is 2.61 bits per heavy atom. The molecular weight excluding hydrogens is 422 g/mol. The Morgan fingerprint density at radius 1 is 1.11 bits per heavy atom. The van der Waals surface area contributed by atoms with Gasteiger partial charge >= 0.3 is 0 Å². The number of halogens is 1. The minimum absolute atomic E-state index is 0.137. The van der Waals surface area contributed by atoms with Gasteiger partial charge in [-0.05, 0) is 36.8 Å². The van der Waals surface area contributed by atoms with E-state index in [2.05, 4.69) is 26.3 Å². The summed E-state index contributed by atoms with van der Waals surface area (Å²) in [6, 6.07) is 18.2. The molecule has 0 atom stereocenters. The van der Waals surface area contributed by atoms with E-state index >= 15 is 0 Å². The van der Waals surface area contributed by atoms with Crippen molar-refractivity contribution in [1.82, 2.24) is 9.78 Å². The molecule has 1 amide bonds.